The number of para-hydroxylation sites is 2. The molecule has 8 aromatic carbocycles. The van der Waals surface area contributed by atoms with Gasteiger partial charge in [-0.2, -0.15) is 0 Å². The van der Waals surface area contributed by atoms with Crippen LogP contribution < -0.4 is 69.3 Å². The van der Waals surface area contributed by atoms with E-state index in [2.05, 4.69) is 104 Å². The van der Waals surface area contributed by atoms with Crippen LogP contribution in [0.3, 0.4) is 0 Å². The van der Waals surface area contributed by atoms with Crippen molar-refractivity contribution >= 4 is 65.8 Å². The molecule has 79 heavy (non-hydrogen) atoms. The Hall–Kier alpha value is -3.64. The summed E-state index contributed by atoms with van der Waals surface area (Å²) in [4.78, 5) is 0. The summed E-state index contributed by atoms with van der Waals surface area (Å²) in [7, 11) is 0. The molecule has 0 N–H and O–H groups in total. The minimum atomic E-state index is 0. The van der Waals surface area contributed by atoms with E-state index >= 15 is 0 Å². The Balaban J connectivity index is 0.000000244. The van der Waals surface area contributed by atoms with E-state index in [-0.39, 0.29) is 87.7 Å². The Morgan fingerprint density at radius 2 is 0.494 bits per heavy atom. The van der Waals surface area contributed by atoms with Gasteiger partial charge in [0.25, 0.3) is 0 Å². The van der Waals surface area contributed by atoms with Gasteiger partial charge < -0.3 is 39.8 Å². The number of nitrogens with zero attached hydrogens (tertiary/aromatic N) is 2. The molecule has 11 heteroatoms. The number of benzene rings is 8. The molecule has 4 fully saturated rings. The second kappa shape index (κ2) is 35.4. The van der Waals surface area contributed by atoms with Crippen molar-refractivity contribution in [2.24, 2.45) is 0 Å². The number of ether oxygens (including phenoxy) is 4. The Morgan fingerprint density at radius 1 is 0.291 bits per heavy atom. The van der Waals surface area contributed by atoms with Gasteiger partial charge >= 0.3 is 76.2 Å². The molecule has 8 nitrogen and oxygen atoms in total. The molecular weight excluding hydrogens is 1040 g/mol. The molecule has 0 radical (unpaired) electrons. The third-order valence-electron chi connectivity index (χ3n) is 14.2. The molecule has 8 aromatic rings. The number of fused-ring (bicyclic) bond motifs is 6. The fourth-order valence-corrected chi connectivity index (χ4v) is 9.95. The van der Waals surface area contributed by atoms with Crippen molar-refractivity contribution in [2.45, 2.75) is 130 Å². The van der Waals surface area contributed by atoms with E-state index in [9.17, 15) is 10.2 Å². The van der Waals surface area contributed by atoms with Crippen molar-refractivity contribution in [1.29, 1.82) is 0 Å². The first kappa shape index (κ1) is 67.9. The van der Waals surface area contributed by atoms with Crippen molar-refractivity contribution in [3.8, 4) is 11.5 Å². The predicted molar refractivity (Wildman–Crippen MR) is 317 cm³/mol. The van der Waals surface area contributed by atoms with E-state index in [0.717, 1.165) is 107 Å². The van der Waals surface area contributed by atoms with Crippen LogP contribution in [0.1, 0.15) is 153 Å². The van der Waals surface area contributed by atoms with Gasteiger partial charge in [0, 0.05) is 52.9 Å². The molecule has 0 amide bonds. The van der Waals surface area contributed by atoms with Gasteiger partial charge in [-0.05, 0) is 118 Å². The molecule has 0 bridgehead atoms. The Kier molecular flexibility index (Phi) is 30.4. The van der Waals surface area contributed by atoms with E-state index in [1.807, 2.05) is 84.9 Å². The van der Waals surface area contributed by atoms with Crippen LogP contribution in [0.25, 0.3) is 53.7 Å². The van der Waals surface area contributed by atoms with Crippen molar-refractivity contribution in [1.82, 2.24) is 0 Å². The zero-order chi connectivity index (χ0) is 53.8. The second-order valence-corrected chi connectivity index (χ2v) is 21.2. The predicted octanol–water partition coefficient (Wildman–Crippen LogP) is 12.5. The summed E-state index contributed by atoms with van der Waals surface area (Å²) in [6, 6.07) is 44.5. The van der Waals surface area contributed by atoms with Gasteiger partial charge in [0.05, 0.1) is 0 Å². The first-order valence-electron chi connectivity index (χ1n) is 28.2. The second-order valence-electron chi connectivity index (χ2n) is 21.2. The maximum Gasteiger partial charge on any atom is 2.00 e. The van der Waals surface area contributed by atoms with Crippen LogP contribution in [0.15, 0.2) is 133 Å². The third kappa shape index (κ3) is 18.7. The molecule has 0 atom stereocenters. The summed E-state index contributed by atoms with van der Waals surface area (Å²) in [6.45, 7) is 25.4. The normalized spacial score (nSPS) is 14.3. The van der Waals surface area contributed by atoms with Crippen molar-refractivity contribution in [2.75, 3.05) is 52.9 Å². The minimum absolute atomic E-state index is 0. The summed E-state index contributed by atoms with van der Waals surface area (Å²) in [5.41, 5.74) is 7.72. The van der Waals surface area contributed by atoms with E-state index < -0.39 is 0 Å². The quantitative estimate of drug-likeness (QED) is 0.111. The molecule has 0 saturated carbocycles. The zero-order valence-electron chi connectivity index (χ0n) is 49.0. The molecule has 0 aliphatic carbocycles. The molecule has 12 rings (SSSR count). The topological polar surface area (TPSA) is 111 Å². The smallest absolute Gasteiger partial charge is 0.873 e. The first-order chi connectivity index (χ1) is 37.0. The van der Waals surface area contributed by atoms with Crippen LogP contribution in [0.5, 0.6) is 11.5 Å². The van der Waals surface area contributed by atoms with Gasteiger partial charge in [-0.15, -0.1) is 34.2 Å². The molecule has 4 heterocycles. The van der Waals surface area contributed by atoms with Crippen LogP contribution >= 0.6 is 0 Å². The van der Waals surface area contributed by atoms with E-state index in [0.29, 0.717) is 35.0 Å². The molecule has 410 valence electrons. The van der Waals surface area contributed by atoms with Gasteiger partial charge in [0.1, 0.15) is 0 Å². The van der Waals surface area contributed by atoms with Gasteiger partial charge in [0.2, 0.25) is 0 Å². The molecule has 0 aromatic heterocycles. The molecule has 4 saturated heterocycles. The van der Waals surface area contributed by atoms with Crippen molar-refractivity contribution in [3.63, 3.8) is 0 Å². The number of rotatable bonds is 8. The third-order valence-corrected chi connectivity index (χ3v) is 14.2. The van der Waals surface area contributed by atoms with Gasteiger partial charge in [-0.25, -0.2) is 0 Å². The Morgan fingerprint density at radius 3 is 0.696 bits per heavy atom. The maximum atomic E-state index is 13.4. The Labute approximate surface area is 527 Å². The van der Waals surface area contributed by atoms with Crippen molar-refractivity contribution < 1.29 is 105 Å². The molecule has 0 unspecified atom stereocenters. The van der Waals surface area contributed by atoms with Crippen LogP contribution in [-0.2, 0) is 36.0 Å². The SMILES string of the molecule is C1CCOC1.C1CCOC1.C1CCOC1.C1CCOC1.CC(C)c1cccc(C(C)C)c1[N-]c1c([O-])c2ccccc2c2ccccc12.CC(C)c1cccc(C(C)C)c1[N-]c1c([O-])c2ccccc2c2ccccc12.[Fe+2].[Na+].[Na+]. The number of hydrogen-bond donors (Lipinski definition) is 0. The molecular formula is C68H82FeN2Na2O6. The molecule has 0 spiro atoms. The average Bonchev–Trinajstić information content (AvgIpc) is 4.35. The Bertz CT molecular complexity index is 2770. The van der Waals surface area contributed by atoms with Gasteiger partial charge in [-0.3, -0.25) is 0 Å². The molecule has 4 aliphatic heterocycles. The fraction of sp³-hybridized carbons (Fsp3) is 0.412. The largest absolute Gasteiger partial charge is 2.00 e. The summed E-state index contributed by atoms with van der Waals surface area (Å²) < 4.78 is 19.8. The fourth-order valence-electron chi connectivity index (χ4n) is 9.95. The minimum Gasteiger partial charge on any atom is -0.873 e. The average molecular weight is 1130 g/mol. The summed E-state index contributed by atoms with van der Waals surface area (Å²) in [5, 5.41) is 44.3. The van der Waals surface area contributed by atoms with Crippen molar-refractivity contribution in [3.05, 3.63) is 166 Å². The van der Waals surface area contributed by atoms with Crippen LogP contribution in [0.2, 0.25) is 0 Å². The summed E-state index contributed by atoms with van der Waals surface area (Å²) in [6.07, 6.45) is 10.2. The monoisotopic (exact) mass is 1120 g/mol. The van der Waals surface area contributed by atoms with Crippen LogP contribution in [0, 0.1) is 0 Å². The van der Waals surface area contributed by atoms with Crippen LogP contribution in [-0.4, -0.2) is 52.9 Å². The maximum absolute atomic E-state index is 13.4. The first-order valence-corrected chi connectivity index (χ1v) is 28.2. The number of hydrogen-bond acceptors (Lipinski definition) is 6. The standard InChI is InChI=1S/2C26H26NO.4C4H8O.Fe.2Na/c2*1-16(2)18-14-9-15-19(17(3)4)24(18)27-25-22-12-7-5-10-20(22)21-11-6-8-13-23(21)26(25)28;4*1-2-4-5-3-1;;;/h2*5-17,28H,1-4H3;4*1-4H2;;;/q2*-1;;;;;+2;2*+1/p-2. The van der Waals surface area contributed by atoms with Crippen LogP contribution in [0.4, 0.5) is 22.7 Å². The summed E-state index contributed by atoms with van der Waals surface area (Å²) in [5.74, 6) is 1.34. The van der Waals surface area contributed by atoms with E-state index in [4.69, 9.17) is 29.6 Å². The van der Waals surface area contributed by atoms with E-state index in [1.54, 1.807) is 0 Å². The molecule has 4 aliphatic rings. The summed E-state index contributed by atoms with van der Waals surface area (Å²) >= 11 is 0. The zero-order valence-corrected chi connectivity index (χ0v) is 54.1. The van der Waals surface area contributed by atoms with E-state index in [1.165, 1.54) is 73.6 Å². The van der Waals surface area contributed by atoms with Gasteiger partial charge in [-0.1, -0.05) is 211 Å². The van der Waals surface area contributed by atoms with Gasteiger partial charge in [0.15, 0.2) is 0 Å².